The van der Waals surface area contributed by atoms with Gasteiger partial charge in [-0.25, -0.2) is 0 Å². The smallest absolute Gasteiger partial charge is 0.140 e. The van der Waals surface area contributed by atoms with Crippen molar-refractivity contribution in [1.29, 1.82) is 0 Å². The zero-order valence-corrected chi connectivity index (χ0v) is 10.3. The third-order valence-electron chi connectivity index (χ3n) is 2.92. The van der Waals surface area contributed by atoms with E-state index in [1.165, 1.54) is 18.4 Å². The predicted molar refractivity (Wildman–Crippen MR) is 70.0 cm³/mol. The third kappa shape index (κ3) is 3.74. The SMILES string of the molecule is CCc1cccc([C]=NOC2=CCCCC2)c1. The van der Waals surface area contributed by atoms with Crippen LogP contribution in [0.1, 0.15) is 43.7 Å². The van der Waals surface area contributed by atoms with Crippen molar-refractivity contribution in [2.45, 2.75) is 39.0 Å². The van der Waals surface area contributed by atoms with Gasteiger partial charge >= 0.3 is 0 Å². The second-order valence-electron chi connectivity index (χ2n) is 4.26. The van der Waals surface area contributed by atoms with E-state index in [1.807, 2.05) is 12.1 Å². The Labute approximate surface area is 103 Å². The second-order valence-corrected chi connectivity index (χ2v) is 4.26. The van der Waals surface area contributed by atoms with Crippen molar-refractivity contribution in [3.63, 3.8) is 0 Å². The van der Waals surface area contributed by atoms with Gasteiger partial charge in [0.15, 0.2) is 0 Å². The summed E-state index contributed by atoms with van der Waals surface area (Å²) in [5.74, 6) is 0.982. The summed E-state index contributed by atoms with van der Waals surface area (Å²) >= 11 is 0. The molecule has 0 aromatic heterocycles. The van der Waals surface area contributed by atoms with E-state index < -0.39 is 0 Å². The molecule has 2 nitrogen and oxygen atoms in total. The minimum absolute atomic E-state index is 0.973. The Hall–Kier alpha value is -1.57. The van der Waals surface area contributed by atoms with E-state index in [1.54, 1.807) is 0 Å². The van der Waals surface area contributed by atoms with E-state index >= 15 is 0 Å². The van der Waals surface area contributed by atoms with Crippen LogP contribution in [0.2, 0.25) is 0 Å². The van der Waals surface area contributed by atoms with Gasteiger partial charge in [-0.3, -0.25) is 0 Å². The largest absolute Gasteiger partial charge is 0.361 e. The Morgan fingerprint density at radius 2 is 2.29 bits per heavy atom. The van der Waals surface area contributed by atoms with Crippen LogP contribution in [0.25, 0.3) is 0 Å². The molecule has 0 heterocycles. The Balaban J connectivity index is 1.93. The topological polar surface area (TPSA) is 21.6 Å². The van der Waals surface area contributed by atoms with Crippen LogP contribution in [0.3, 0.4) is 0 Å². The predicted octanol–water partition coefficient (Wildman–Crippen LogP) is 3.93. The molecule has 0 atom stereocenters. The zero-order valence-electron chi connectivity index (χ0n) is 10.3. The number of rotatable bonds is 4. The summed E-state index contributed by atoms with van der Waals surface area (Å²) in [5, 5.41) is 3.92. The average molecular weight is 228 g/mol. The summed E-state index contributed by atoms with van der Waals surface area (Å²) in [4.78, 5) is 5.34. The number of allylic oxidation sites excluding steroid dienone is 2. The van der Waals surface area contributed by atoms with Gasteiger partial charge in [-0.1, -0.05) is 30.3 Å². The molecule has 0 N–H and O–H groups in total. The van der Waals surface area contributed by atoms with E-state index in [4.69, 9.17) is 4.84 Å². The van der Waals surface area contributed by atoms with Gasteiger partial charge in [0, 0.05) is 12.0 Å². The van der Waals surface area contributed by atoms with E-state index in [-0.39, 0.29) is 0 Å². The quantitative estimate of drug-likeness (QED) is 0.565. The van der Waals surface area contributed by atoms with Crippen LogP contribution in [0.4, 0.5) is 0 Å². The Kier molecular flexibility index (Phi) is 4.37. The molecule has 1 radical (unpaired) electrons. The molecule has 0 fully saturated rings. The highest BCUT2D eigenvalue weighted by molar-refractivity contribution is 5.79. The normalized spacial score (nSPS) is 15.9. The van der Waals surface area contributed by atoms with E-state index in [0.29, 0.717) is 0 Å². The lowest BCUT2D eigenvalue weighted by Gasteiger charge is -2.08. The van der Waals surface area contributed by atoms with Crippen molar-refractivity contribution >= 4 is 6.21 Å². The second kappa shape index (κ2) is 6.24. The van der Waals surface area contributed by atoms with Crippen LogP contribution in [-0.4, -0.2) is 6.21 Å². The van der Waals surface area contributed by atoms with Crippen molar-refractivity contribution in [2.75, 3.05) is 0 Å². The Morgan fingerprint density at radius 1 is 1.35 bits per heavy atom. The minimum atomic E-state index is 0.973. The fourth-order valence-electron chi connectivity index (χ4n) is 1.89. The number of aryl methyl sites for hydroxylation is 1. The molecular formula is C15H18NO. The molecule has 0 bridgehead atoms. The van der Waals surface area contributed by atoms with Gasteiger partial charge in [-0.2, -0.15) is 0 Å². The van der Waals surface area contributed by atoms with Crippen LogP contribution in [0.15, 0.2) is 41.3 Å². The maximum Gasteiger partial charge on any atom is 0.140 e. The minimum Gasteiger partial charge on any atom is -0.361 e. The highest BCUT2D eigenvalue weighted by atomic mass is 16.6. The lowest BCUT2D eigenvalue weighted by Crippen LogP contribution is -1.93. The molecule has 0 saturated carbocycles. The first kappa shape index (κ1) is 11.9. The highest BCUT2D eigenvalue weighted by Gasteiger charge is 2.03. The highest BCUT2D eigenvalue weighted by Crippen LogP contribution is 2.18. The molecule has 0 saturated heterocycles. The number of hydrogen-bond acceptors (Lipinski definition) is 2. The van der Waals surface area contributed by atoms with E-state index in [9.17, 15) is 0 Å². The number of hydrogen-bond donors (Lipinski definition) is 0. The molecule has 89 valence electrons. The molecule has 1 aromatic rings. The summed E-state index contributed by atoms with van der Waals surface area (Å²) in [6.07, 6.45) is 10.7. The van der Waals surface area contributed by atoms with Gasteiger partial charge in [-0.15, -0.1) is 0 Å². The molecule has 1 aliphatic rings. The molecule has 1 aliphatic carbocycles. The van der Waals surface area contributed by atoms with Gasteiger partial charge in [0.1, 0.15) is 12.0 Å². The third-order valence-corrected chi connectivity index (χ3v) is 2.92. The zero-order chi connectivity index (χ0) is 11.9. The van der Waals surface area contributed by atoms with Crippen molar-refractivity contribution in [3.05, 3.63) is 47.2 Å². The van der Waals surface area contributed by atoms with Gasteiger partial charge in [0.2, 0.25) is 0 Å². The molecule has 0 aliphatic heterocycles. The summed E-state index contributed by atoms with van der Waals surface area (Å²) in [6, 6.07) is 8.20. The summed E-state index contributed by atoms with van der Waals surface area (Å²) in [7, 11) is 0. The Morgan fingerprint density at radius 3 is 3.06 bits per heavy atom. The molecular weight excluding hydrogens is 210 g/mol. The van der Waals surface area contributed by atoms with Crippen molar-refractivity contribution < 1.29 is 4.84 Å². The first-order valence-electron chi connectivity index (χ1n) is 6.29. The first-order chi connectivity index (χ1) is 8.38. The lowest BCUT2D eigenvalue weighted by molar-refractivity contribution is 0.210. The summed E-state index contributed by atoms with van der Waals surface area (Å²) < 4.78 is 0. The monoisotopic (exact) mass is 228 g/mol. The molecule has 0 spiro atoms. The van der Waals surface area contributed by atoms with E-state index in [0.717, 1.165) is 30.6 Å². The van der Waals surface area contributed by atoms with Gasteiger partial charge < -0.3 is 4.84 Å². The number of nitrogens with zero attached hydrogens (tertiary/aromatic N) is 1. The van der Waals surface area contributed by atoms with Crippen molar-refractivity contribution in [2.24, 2.45) is 5.16 Å². The number of benzene rings is 1. The fourth-order valence-corrected chi connectivity index (χ4v) is 1.89. The standard InChI is InChI=1S/C15H18NO/c1-2-13-7-6-8-14(11-13)12-16-17-15-9-4-3-5-10-15/h6-9,11H,2-5,10H2,1H3. The van der Waals surface area contributed by atoms with Crippen LogP contribution in [-0.2, 0) is 11.3 Å². The van der Waals surface area contributed by atoms with Gasteiger partial charge in [0.05, 0.1) is 0 Å². The Bertz CT molecular complexity index is 421. The van der Waals surface area contributed by atoms with Gasteiger partial charge in [-0.05, 0) is 43.4 Å². The van der Waals surface area contributed by atoms with Crippen LogP contribution >= 0.6 is 0 Å². The molecule has 2 heteroatoms. The van der Waals surface area contributed by atoms with Gasteiger partial charge in [0.25, 0.3) is 0 Å². The molecule has 0 unspecified atom stereocenters. The maximum atomic E-state index is 5.34. The van der Waals surface area contributed by atoms with Crippen LogP contribution < -0.4 is 0 Å². The van der Waals surface area contributed by atoms with E-state index in [2.05, 4.69) is 36.5 Å². The van der Waals surface area contributed by atoms with Crippen LogP contribution in [0.5, 0.6) is 0 Å². The van der Waals surface area contributed by atoms with Crippen molar-refractivity contribution in [3.8, 4) is 0 Å². The summed E-state index contributed by atoms with van der Waals surface area (Å²) in [6.45, 7) is 2.14. The summed E-state index contributed by atoms with van der Waals surface area (Å²) in [5.41, 5.74) is 2.27. The molecule has 2 rings (SSSR count). The maximum absolute atomic E-state index is 5.34. The van der Waals surface area contributed by atoms with Crippen LogP contribution in [0, 0.1) is 0 Å². The molecule has 0 amide bonds. The molecule has 17 heavy (non-hydrogen) atoms. The first-order valence-corrected chi connectivity index (χ1v) is 6.29. The lowest BCUT2D eigenvalue weighted by atomic mass is 10.1. The fraction of sp³-hybridized carbons (Fsp3) is 0.400. The van der Waals surface area contributed by atoms with Crippen molar-refractivity contribution in [1.82, 2.24) is 0 Å². The molecule has 1 aromatic carbocycles. The average Bonchev–Trinajstić information content (AvgIpc) is 2.40.